The quantitative estimate of drug-likeness (QED) is 0.904. The summed E-state index contributed by atoms with van der Waals surface area (Å²) in [4.78, 5) is 2.79. The molecule has 0 aromatic carbocycles. The summed E-state index contributed by atoms with van der Waals surface area (Å²) in [6.07, 6.45) is 5.54. The van der Waals surface area contributed by atoms with Crippen LogP contribution in [-0.2, 0) is 0 Å². The smallest absolute Gasteiger partial charge is 0.0332 e. The fourth-order valence-corrected chi connectivity index (χ4v) is 4.84. The lowest BCUT2D eigenvalue weighted by molar-refractivity contribution is 0.0269. The van der Waals surface area contributed by atoms with E-state index in [1.807, 2.05) is 11.3 Å². The third kappa shape index (κ3) is 2.68. The first-order valence-electron chi connectivity index (χ1n) is 8.14. The van der Waals surface area contributed by atoms with Crippen LogP contribution >= 0.6 is 11.3 Å². The number of hydrogen-bond donors (Lipinski definition) is 1. The van der Waals surface area contributed by atoms with Crippen LogP contribution in [0.2, 0.25) is 0 Å². The van der Waals surface area contributed by atoms with Gasteiger partial charge in [0.15, 0.2) is 0 Å². The molecule has 1 N–H and O–H groups in total. The van der Waals surface area contributed by atoms with Gasteiger partial charge in [-0.05, 0) is 48.1 Å². The average molecular weight is 292 g/mol. The molecule has 3 heteroatoms. The minimum Gasteiger partial charge on any atom is -0.308 e. The van der Waals surface area contributed by atoms with Crippen LogP contribution in [0.3, 0.4) is 0 Å². The van der Waals surface area contributed by atoms with Crippen LogP contribution < -0.4 is 5.32 Å². The second-order valence-electron chi connectivity index (χ2n) is 7.08. The van der Waals surface area contributed by atoms with Gasteiger partial charge in [0.05, 0.1) is 0 Å². The van der Waals surface area contributed by atoms with E-state index in [1.165, 1.54) is 37.8 Å². The highest BCUT2D eigenvalue weighted by molar-refractivity contribution is 7.07. The number of piperazine rings is 1. The van der Waals surface area contributed by atoms with Crippen LogP contribution in [0.1, 0.15) is 58.1 Å². The molecule has 112 valence electrons. The second kappa shape index (κ2) is 5.78. The highest BCUT2D eigenvalue weighted by Crippen LogP contribution is 2.38. The van der Waals surface area contributed by atoms with Crippen LogP contribution in [0.25, 0.3) is 0 Å². The van der Waals surface area contributed by atoms with E-state index in [4.69, 9.17) is 0 Å². The van der Waals surface area contributed by atoms with E-state index in [-0.39, 0.29) is 0 Å². The molecular weight excluding hydrogens is 264 g/mol. The zero-order chi connectivity index (χ0) is 14.2. The Hall–Kier alpha value is -0.380. The monoisotopic (exact) mass is 292 g/mol. The summed E-state index contributed by atoms with van der Waals surface area (Å²) >= 11 is 1.82. The number of nitrogens with zero attached hydrogens (tertiary/aromatic N) is 1. The molecule has 2 heterocycles. The van der Waals surface area contributed by atoms with Gasteiger partial charge in [-0.25, -0.2) is 0 Å². The summed E-state index contributed by atoms with van der Waals surface area (Å²) in [7, 11) is 0. The number of rotatable bonds is 3. The molecular formula is C17H28N2S. The van der Waals surface area contributed by atoms with Gasteiger partial charge in [0, 0.05) is 30.7 Å². The normalized spacial score (nSPS) is 28.3. The summed E-state index contributed by atoms with van der Waals surface area (Å²) in [5, 5.41) is 8.45. The fraction of sp³-hybridized carbons (Fsp3) is 0.765. The summed E-state index contributed by atoms with van der Waals surface area (Å²) in [6, 6.07) is 3.51. The molecule has 20 heavy (non-hydrogen) atoms. The average Bonchev–Trinajstić information content (AvgIpc) is 3.09. The van der Waals surface area contributed by atoms with Crippen LogP contribution in [-0.4, -0.2) is 29.6 Å². The Morgan fingerprint density at radius 3 is 2.65 bits per heavy atom. The second-order valence-corrected chi connectivity index (χ2v) is 7.86. The van der Waals surface area contributed by atoms with Crippen molar-refractivity contribution >= 4 is 11.3 Å². The molecule has 0 radical (unpaired) electrons. The minimum absolute atomic E-state index is 0.412. The summed E-state index contributed by atoms with van der Waals surface area (Å²) in [5.41, 5.74) is 1.91. The Labute approximate surface area is 127 Å². The van der Waals surface area contributed by atoms with Crippen molar-refractivity contribution < 1.29 is 0 Å². The van der Waals surface area contributed by atoms with Gasteiger partial charge in [-0.15, -0.1) is 0 Å². The first-order valence-corrected chi connectivity index (χ1v) is 9.08. The standard InChI is InChI=1S/C17H28N2S/c1-13(2)16-10-18-17(7-4-5-8-17)12-19(16)14(3)15-6-9-20-11-15/h6,9,11,13-14,16,18H,4-5,7-8,10,12H2,1-3H3. The highest BCUT2D eigenvalue weighted by Gasteiger charge is 2.43. The summed E-state index contributed by atoms with van der Waals surface area (Å²) in [6.45, 7) is 9.52. The Bertz CT molecular complexity index is 420. The first kappa shape index (κ1) is 14.6. The van der Waals surface area contributed by atoms with Gasteiger partial charge in [-0.1, -0.05) is 26.7 Å². The lowest BCUT2D eigenvalue weighted by atomic mass is 9.87. The third-order valence-electron chi connectivity index (χ3n) is 5.45. The van der Waals surface area contributed by atoms with E-state index in [9.17, 15) is 0 Å². The number of hydrogen-bond acceptors (Lipinski definition) is 3. The van der Waals surface area contributed by atoms with Gasteiger partial charge in [0.1, 0.15) is 0 Å². The van der Waals surface area contributed by atoms with Gasteiger partial charge in [-0.3, -0.25) is 4.90 Å². The maximum atomic E-state index is 3.92. The molecule has 2 nitrogen and oxygen atoms in total. The molecule has 1 saturated heterocycles. The van der Waals surface area contributed by atoms with Crippen molar-refractivity contribution in [3.05, 3.63) is 22.4 Å². The van der Waals surface area contributed by atoms with Gasteiger partial charge in [0.2, 0.25) is 0 Å². The molecule has 2 fully saturated rings. The predicted octanol–water partition coefficient (Wildman–Crippen LogP) is 4.05. The van der Waals surface area contributed by atoms with Crippen molar-refractivity contribution in [2.45, 2.75) is 64.1 Å². The maximum Gasteiger partial charge on any atom is 0.0332 e. The van der Waals surface area contributed by atoms with E-state index in [0.29, 0.717) is 23.5 Å². The molecule has 1 aromatic rings. The molecule has 1 aromatic heterocycles. The predicted molar refractivity (Wildman–Crippen MR) is 87.3 cm³/mol. The lowest BCUT2D eigenvalue weighted by Crippen LogP contribution is -2.64. The Kier molecular flexibility index (Phi) is 4.21. The number of thiophene rings is 1. The van der Waals surface area contributed by atoms with Crippen molar-refractivity contribution in [1.29, 1.82) is 0 Å². The minimum atomic E-state index is 0.412. The molecule has 2 aliphatic rings. The Morgan fingerprint density at radius 1 is 1.30 bits per heavy atom. The van der Waals surface area contributed by atoms with E-state index in [1.54, 1.807) is 0 Å². The summed E-state index contributed by atoms with van der Waals surface area (Å²) < 4.78 is 0. The molecule has 0 amide bonds. The lowest BCUT2D eigenvalue weighted by Gasteiger charge is -2.50. The zero-order valence-electron chi connectivity index (χ0n) is 13.1. The topological polar surface area (TPSA) is 15.3 Å². The van der Waals surface area contributed by atoms with E-state index in [2.05, 4.69) is 47.8 Å². The van der Waals surface area contributed by atoms with Gasteiger partial charge < -0.3 is 5.32 Å². The molecule has 2 atom stereocenters. The maximum absolute atomic E-state index is 3.92. The van der Waals surface area contributed by atoms with Crippen LogP contribution in [0.15, 0.2) is 16.8 Å². The highest BCUT2D eigenvalue weighted by atomic mass is 32.1. The SMILES string of the molecule is CC(C)C1CNC2(CCCC2)CN1C(C)c1ccsc1. The molecule has 3 rings (SSSR count). The molecule has 1 spiro atoms. The first-order chi connectivity index (χ1) is 9.61. The van der Waals surface area contributed by atoms with Crippen molar-refractivity contribution in [2.24, 2.45) is 5.92 Å². The van der Waals surface area contributed by atoms with Crippen LogP contribution in [0.4, 0.5) is 0 Å². The van der Waals surface area contributed by atoms with Crippen LogP contribution in [0.5, 0.6) is 0 Å². The molecule has 1 aliphatic heterocycles. The fourth-order valence-electron chi connectivity index (χ4n) is 4.09. The van der Waals surface area contributed by atoms with E-state index in [0.717, 1.165) is 6.54 Å². The van der Waals surface area contributed by atoms with Gasteiger partial charge in [-0.2, -0.15) is 11.3 Å². The van der Waals surface area contributed by atoms with Gasteiger partial charge >= 0.3 is 0 Å². The third-order valence-corrected chi connectivity index (χ3v) is 6.15. The van der Waals surface area contributed by atoms with E-state index < -0.39 is 0 Å². The molecule has 1 aliphatic carbocycles. The van der Waals surface area contributed by atoms with Crippen molar-refractivity contribution in [3.63, 3.8) is 0 Å². The number of nitrogens with one attached hydrogen (secondary N) is 1. The van der Waals surface area contributed by atoms with Crippen molar-refractivity contribution in [3.8, 4) is 0 Å². The molecule has 2 unspecified atom stereocenters. The largest absolute Gasteiger partial charge is 0.308 e. The molecule has 0 bridgehead atoms. The van der Waals surface area contributed by atoms with Gasteiger partial charge in [0.25, 0.3) is 0 Å². The van der Waals surface area contributed by atoms with Crippen molar-refractivity contribution in [1.82, 2.24) is 10.2 Å². The zero-order valence-corrected chi connectivity index (χ0v) is 13.9. The summed E-state index contributed by atoms with van der Waals surface area (Å²) in [5.74, 6) is 0.710. The Morgan fingerprint density at radius 2 is 2.05 bits per heavy atom. The van der Waals surface area contributed by atoms with Crippen molar-refractivity contribution in [2.75, 3.05) is 13.1 Å². The van der Waals surface area contributed by atoms with E-state index >= 15 is 0 Å². The Balaban J connectivity index is 1.82. The van der Waals surface area contributed by atoms with Crippen LogP contribution in [0, 0.1) is 5.92 Å². The molecule has 1 saturated carbocycles.